The van der Waals surface area contributed by atoms with Gasteiger partial charge in [-0.15, -0.1) is 0 Å². The van der Waals surface area contributed by atoms with E-state index in [1.807, 2.05) is 32.9 Å². The molecule has 2 rings (SSSR count). The van der Waals surface area contributed by atoms with E-state index in [-0.39, 0.29) is 12.5 Å². The lowest BCUT2D eigenvalue weighted by Gasteiger charge is -2.33. The molecule has 24 heavy (non-hydrogen) atoms. The molecule has 1 aromatic rings. The number of hydrogen-bond donors (Lipinski definition) is 0. The molecule has 0 radical (unpaired) electrons. The molecule has 0 atom stereocenters. The van der Waals surface area contributed by atoms with Crippen LogP contribution in [0.5, 0.6) is 0 Å². The molecule has 0 N–H and O–H groups in total. The van der Waals surface area contributed by atoms with Crippen LogP contribution in [0.3, 0.4) is 0 Å². The minimum Gasteiger partial charge on any atom is -0.444 e. The Balaban J connectivity index is 1.89. The molecule has 1 amide bonds. The summed E-state index contributed by atoms with van der Waals surface area (Å²) in [5.74, 6) is 6.24. The van der Waals surface area contributed by atoms with E-state index in [1.165, 1.54) is 5.56 Å². The number of amides is 1. The number of carbonyl (C=O) groups is 2. The summed E-state index contributed by atoms with van der Waals surface area (Å²) in [7, 11) is 0. The van der Waals surface area contributed by atoms with Gasteiger partial charge in [0.15, 0.2) is 0 Å². The molecular weight excluding hydrogens is 302 g/mol. The van der Waals surface area contributed by atoms with Crippen LogP contribution in [-0.2, 0) is 9.53 Å². The number of hydrogen-bond acceptors (Lipinski definition) is 3. The Hall–Kier alpha value is -2.28. The Bertz CT molecular complexity index is 624. The zero-order valence-corrected chi connectivity index (χ0v) is 14.7. The van der Waals surface area contributed by atoms with Crippen molar-refractivity contribution in [1.29, 1.82) is 0 Å². The topological polar surface area (TPSA) is 46.6 Å². The molecule has 0 saturated carbocycles. The number of ether oxygens (including phenoxy) is 1. The lowest BCUT2D eigenvalue weighted by molar-refractivity contribution is -0.107. The van der Waals surface area contributed by atoms with E-state index in [4.69, 9.17) is 4.74 Å². The fourth-order valence-electron chi connectivity index (χ4n) is 2.76. The summed E-state index contributed by atoms with van der Waals surface area (Å²) in [6.07, 6.45) is 2.73. The molecule has 0 aliphatic carbocycles. The van der Waals surface area contributed by atoms with Crippen LogP contribution in [0.25, 0.3) is 0 Å². The second-order valence-corrected chi connectivity index (χ2v) is 7.04. The van der Waals surface area contributed by atoms with Crippen molar-refractivity contribution < 1.29 is 14.3 Å². The zero-order valence-electron chi connectivity index (χ0n) is 14.7. The van der Waals surface area contributed by atoms with Crippen molar-refractivity contribution in [3.63, 3.8) is 0 Å². The first kappa shape index (κ1) is 18.1. The first-order chi connectivity index (χ1) is 11.4. The van der Waals surface area contributed by atoms with E-state index >= 15 is 0 Å². The van der Waals surface area contributed by atoms with Gasteiger partial charge in [0.25, 0.3) is 0 Å². The summed E-state index contributed by atoms with van der Waals surface area (Å²) >= 11 is 0. The summed E-state index contributed by atoms with van der Waals surface area (Å²) in [6, 6.07) is 8.18. The van der Waals surface area contributed by atoms with Crippen LogP contribution in [0.1, 0.15) is 57.1 Å². The number of aldehydes is 1. The minimum absolute atomic E-state index is 0.221. The lowest BCUT2D eigenvalue weighted by Crippen LogP contribution is -2.41. The van der Waals surface area contributed by atoms with Crippen LogP contribution in [0.4, 0.5) is 4.79 Å². The van der Waals surface area contributed by atoms with E-state index in [1.54, 1.807) is 4.90 Å². The van der Waals surface area contributed by atoms with Gasteiger partial charge in [-0.1, -0.05) is 24.0 Å². The molecule has 1 aromatic carbocycles. The lowest BCUT2D eigenvalue weighted by atomic mass is 9.89. The van der Waals surface area contributed by atoms with Gasteiger partial charge in [0, 0.05) is 18.7 Å². The maximum absolute atomic E-state index is 12.1. The van der Waals surface area contributed by atoms with E-state index in [2.05, 4.69) is 24.0 Å². The molecule has 1 saturated heterocycles. The Morgan fingerprint density at radius 2 is 1.88 bits per heavy atom. The highest BCUT2D eigenvalue weighted by atomic mass is 16.6. The third-order valence-corrected chi connectivity index (χ3v) is 3.95. The van der Waals surface area contributed by atoms with Gasteiger partial charge in [-0.3, -0.25) is 0 Å². The van der Waals surface area contributed by atoms with E-state index in [0.717, 1.165) is 37.8 Å². The third-order valence-electron chi connectivity index (χ3n) is 3.95. The summed E-state index contributed by atoms with van der Waals surface area (Å²) in [5, 5.41) is 0. The first-order valence-electron chi connectivity index (χ1n) is 8.39. The SMILES string of the molecule is CC(C)(C)OC(=O)N1CCC(c2ccc(C#CCC=O)cc2)CC1. The first-order valence-corrected chi connectivity index (χ1v) is 8.39. The van der Waals surface area contributed by atoms with Gasteiger partial charge >= 0.3 is 6.09 Å². The summed E-state index contributed by atoms with van der Waals surface area (Å²) < 4.78 is 5.43. The Morgan fingerprint density at radius 1 is 1.25 bits per heavy atom. The molecule has 1 aliphatic heterocycles. The minimum atomic E-state index is -0.450. The number of carbonyl (C=O) groups excluding carboxylic acids is 2. The van der Waals surface area contributed by atoms with Crippen molar-refractivity contribution >= 4 is 12.4 Å². The standard InChI is InChI=1S/C20H25NO3/c1-20(2,3)24-19(23)21-13-11-18(12-14-21)17-9-7-16(8-10-17)6-4-5-15-22/h7-10,15,18H,5,11-14H2,1-3H3. The molecule has 4 heteroatoms. The maximum atomic E-state index is 12.1. The fourth-order valence-corrected chi connectivity index (χ4v) is 2.76. The average Bonchev–Trinajstić information content (AvgIpc) is 2.54. The molecular formula is C20H25NO3. The molecule has 1 aliphatic rings. The maximum Gasteiger partial charge on any atom is 0.410 e. The number of benzene rings is 1. The predicted molar refractivity (Wildman–Crippen MR) is 93.8 cm³/mol. The van der Waals surface area contributed by atoms with Gasteiger partial charge in [0.2, 0.25) is 0 Å². The van der Waals surface area contributed by atoms with Crippen LogP contribution in [0, 0.1) is 11.8 Å². The molecule has 0 spiro atoms. The Kier molecular flexibility index (Phi) is 6.03. The number of nitrogens with zero attached hydrogens (tertiary/aromatic N) is 1. The predicted octanol–water partition coefficient (Wildman–Crippen LogP) is 3.74. The smallest absolute Gasteiger partial charge is 0.410 e. The molecule has 1 fully saturated rings. The second-order valence-electron chi connectivity index (χ2n) is 7.04. The van der Waals surface area contributed by atoms with Gasteiger partial charge in [-0.2, -0.15) is 0 Å². The van der Waals surface area contributed by atoms with Gasteiger partial charge in [0.1, 0.15) is 11.9 Å². The van der Waals surface area contributed by atoms with E-state index < -0.39 is 5.60 Å². The van der Waals surface area contributed by atoms with Crippen LogP contribution in [0.15, 0.2) is 24.3 Å². The quantitative estimate of drug-likeness (QED) is 0.614. The van der Waals surface area contributed by atoms with Gasteiger partial charge in [-0.25, -0.2) is 4.79 Å². The largest absolute Gasteiger partial charge is 0.444 e. The molecule has 0 aromatic heterocycles. The zero-order chi connectivity index (χ0) is 17.6. The van der Waals surface area contributed by atoms with Gasteiger partial charge < -0.3 is 14.4 Å². The van der Waals surface area contributed by atoms with Gasteiger partial charge in [-0.05, 0) is 57.2 Å². The van der Waals surface area contributed by atoms with Crippen molar-refractivity contribution in [2.75, 3.05) is 13.1 Å². The number of rotatable bonds is 2. The molecule has 0 bridgehead atoms. The monoisotopic (exact) mass is 327 g/mol. The van der Waals surface area contributed by atoms with Crippen molar-refractivity contribution in [1.82, 2.24) is 4.90 Å². The van der Waals surface area contributed by atoms with Crippen molar-refractivity contribution in [3.05, 3.63) is 35.4 Å². The van der Waals surface area contributed by atoms with Crippen molar-refractivity contribution in [2.45, 2.75) is 51.6 Å². The second kappa shape index (κ2) is 8.01. The highest BCUT2D eigenvalue weighted by Gasteiger charge is 2.27. The molecule has 1 heterocycles. The van der Waals surface area contributed by atoms with Crippen LogP contribution in [0.2, 0.25) is 0 Å². The van der Waals surface area contributed by atoms with Crippen LogP contribution >= 0.6 is 0 Å². The van der Waals surface area contributed by atoms with E-state index in [9.17, 15) is 9.59 Å². The summed E-state index contributed by atoms with van der Waals surface area (Å²) in [4.78, 5) is 24.2. The Labute approximate surface area is 144 Å². The van der Waals surface area contributed by atoms with Crippen molar-refractivity contribution in [3.8, 4) is 11.8 Å². The third kappa shape index (κ3) is 5.42. The fraction of sp³-hybridized carbons (Fsp3) is 0.500. The molecule has 128 valence electrons. The number of likely N-dealkylation sites (tertiary alicyclic amines) is 1. The Morgan fingerprint density at radius 3 is 2.42 bits per heavy atom. The normalized spacial score (nSPS) is 15.4. The van der Waals surface area contributed by atoms with E-state index in [0.29, 0.717) is 5.92 Å². The average molecular weight is 327 g/mol. The van der Waals surface area contributed by atoms with Crippen LogP contribution in [-0.4, -0.2) is 36.0 Å². The summed E-state index contributed by atoms with van der Waals surface area (Å²) in [6.45, 7) is 7.10. The highest BCUT2D eigenvalue weighted by Crippen LogP contribution is 2.28. The van der Waals surface area contributed by atoms with Gasteiger partial charge in [0.05, 0.1) is 6.42 Å². The van der Waals surface area contributed by atoms with Crippen LogP contribution < -0.4 is 0 Å². The highest BCUT2D eigenvalue weighted by molar-refractivity contribution is 5.68. The molecule has 0 unspecified atom stereocenters. The number of piperidine rings is 1. The van der Waals surface area contributed by atoms with Crippen molar-refractivity contribution in [2.24, 2.45) is 0 Å². The summed E-state index contributed by atoms with van der Waals surface area (Å²) in [5.41, 5.74) is 1.75. The molecule has 4 nitrogen and oxygen atoms in total.